The fraction of sp³-hybridized carbons (Fsp3) is 0.412. The molecule has 0 aliphatic rings. The Balaban J connectivity index is 2.09. The van der Waals surface area contributed by atoms with E-state index in [0.717, 1.165) is 0 Å². The number of nitrogens with zero attached hydrogens (tertiary/aromatic N) is 2. The van der Waals surface area contributed by atoms with Gasteiger partial charge in [-0.15, -0.1) is 0 Å². The first-order valence-electron chi connectivity index (χ1n) is 8.18. The number of benzene rings is 1. The number of urea groups is 1. The molecule has 1 heterocycles. The molecule has 1 atom stereocenters. The van der Waals surface area contributed by atoms with Gasteiger partial charge >= 0.3 is 12.0 Å². The molecular weight excluding hydrogens is 360 g/mol. The highest BCUT2D eigenvalue weighted by atomic mass is 35.5. The van der Waals surface area contributed by atoms with Gasteiger partial charge < -0.3 is 19.9 Å². The van der Waals surface area contributed by atoms with Crippen molar-refractivity contribution in [3.63, 3.8) is 0 Å². The van der Waals surface area contributed by atoms with E-state index in [4.69, 9.17) is 20.9 Å². The van der Waals surface area contributed by atoms with Crippen LogP contribution in [0.5, 0.6) is 0 Å². The molecule has 0 fully saturated rings. The molecule has 2 N–H and O–H groups in total. The zero-order chi connectivity index (χ0) is 19.3. The third kappa shape index (κ3) is 5.19. The van der Waals surface area contributed by atoms with Crippen molar-refractivity contribution in [2.75, 3.05) is 5.32 Å². The molecular formula is C17H21ClN4O4. The van der Waals surface area contributed by atoms with Crippen LogP contribution in [0, 0.1) is 6.92 Å². The van der Waals surface area contributed by atoms with Gasteiger partial charge in [0.2, 0.25) is 5.89 Å². The summed E-state index contributed by atoms with van der Waals surface area (Å²) in [6.45, 7) is 7.08. The number of anilines is 1. The van der Waals surface area contributed by atoms with E-state index in [-0.39, 0.29) is 11.7 Å². The van der Waals surface area contributed by atoms with Crippen LogP contribution in [-0.4, -0.2) is 28.2 Å². The normalized spacial score (nSPS) is 11.9. The molecule has 0 saturated heterocycles. The van der Waals surface area contributed by atoms with E-state index in [9.17, 15) is 9.59 Å². The van der Waals surface area contributed by atoms with Gasteiger partial charge in [0.05, 0.1) is 22.4 Å². The molecule has 8 nitrogen and oxygen atoms in total. The molecule has 0 aliphatic carbocycles. The van der Waals surface area contributed by atoms with E-state index >= 15 is 0 Å². The van der Waals surface area contributed by atoms with E-state index < -0.39 is 18.0 Å². The maximum atomic E-state index is 12.3. The smallest absolute Gasteiger partial charge is 0.338 e. The molecule has 2 amide bonds. The third-order valence-corrected chi connectivity index (χ3v) is 3.68. The zero-order valence-electron chi connectivity index (χ0n) is 15.0. The van der Waals surface area contributed by atoms with Crippen molar-refractivity contribution in [3.8, 4) is 0 Å². The van der Waals surface area contributed by atoms with Crippen molar-refractivity contribution in [3.05, 3.63) is 40.5 Å². The van der Waals surface area contributed by atoms with Crippen LogP contribution in [-0.2, 0) is 4.74 Å². The molecule has 9 heteroatoms. The highest BCUT2D eigenvalue weighted by Gasteiger charge is 2.20. The van der Waals surface area contributed by atoms with Crippen molar-refractivity contribution >= 4 is 29.3 Å². The molecule has 140 valence electrons. The predicted octanol–water partition coefficient (Wildman–Crippen LogP) is 3.87. The van der Waals surface area contributed by atoms with Gasteiger partial charge in [-0.05, 0) is 45.4 Å². The number of aromatic nitrogens is 2. The van der Waals surface area contributed by atoms with Crippen molar-refractivity contribution in [1.82, 2.24) is 15.5 Å². The number of halogens is 1. The molecule has 0 radical (unpaired) electrons. The Bertz CT molecular complexity index is 791. The first-order chi connectivity index (χ1) is 12.3. The molecule has 0 spiro atoms. The number of ether oxygens (including phenoxy) is 1. The Morgan fingerprint density at radius 1 is 1.35 bits per heavy atom. The van der Waals surface area contributed by atoms with Crippen LogP contribution in [0.4, 0.5) is 10.5 Å². The second kappa shape index (κ2) is 8.66. The monoisotopic (exact) mass is 380 g/mol. The van der Waals surface area contributed by atoms with Gasteiger partial charge in [0.25, 0.3) is 0 Å². The van der Waals surface area contributed by atoms with Crippen LogP contribution in [0.15, 0.2) is 22.7 Å². The van der Waals surface area contributed by atoms with E-state index in [2.05, 4.69) is 20.8 Å². The maximum Gasteiger partial charge on any atom is 0.338 e. The summed E-state index contributed by atoms with van der Waals surface area (Å²) in [5.74, 6) is 0.313. The zero-order valence-corrected chi connectivity index (χ0v) is 15.8. The summed E-state index contributed by atoms with van der Waals surface area (Å²) in [6, 6.07) is 3.57. The lowest BCUT2D eigenvalue weighted by Crippen LogP contribution is -2.32. The van der Waals surface area contributed by atoms with Crippen molar-refractivity contribution < 1.29 is 18.8 Å². The number of hydrogen-bond acceptors (Lipinski definition) is 6. The van der Waals surface area contributed by atoms with E-state index in [0.29, 0.717) is 28.8 Å². The summed E-state index contributed by atoms with van der Waals surface area (Å²) in [5.41, 5.74) is 0.580. The second-order valence-electron chi connectivity index (χ2n) is 5.89. The Hall–Kier alpha value is -2.61. The largest absolute Gasteiger partial charge is 0.459 e. The molecule has 2 aromatic rings. The Morgan fingerprint density at radius 3 is 2.65 bits per heavy atom. The minimum absolute atomic E-state index is 0.249. The molecule has 1 aromatic heterocycles. The minimum Gasteiger partial charge on any atom is -0.459 e. The van der Waals surface area contributed by atoms with Crippen molar-refractivity contribution in [2.24, 2.45) is 0 Å². The summed E-state index contributed by atoms with van der Waals surface area (Å²) in [6.07, 6.45) is 0.310. The molecule has 0 bridgehead atoms. The number of amides is 2. The number of hydrogen-bond donors (Lipinski definition) is 2. The molecule has 2 rings (SSSR count). The summed E-state index contributed by atoms with van der Waals surface area (Å²) in [7, 11) is 0. The van der Waals surface area contributed by atoms with Gasteiger partial charge in [0.15, 0.2) is 5.82 Å². The molecule has 0 aliphatic heterocycles. The third-order valence-electron chi connectivity index (χ3n) is 3.35. The van der Waals surface area contributed by atoms with Gasteiger partial charge in [-0.1, -0.05) is 23.7 Å². The maximum absolute atomic E-state index is 12.3. The van der Waals surface area contributed by atoms with E-state index in [1.807, 2.05) is 6.92 Å². The summed E-state index contributed by atoms with van der Waals surface area (Å²) in [5, 5.41) is 9.36. The molecule has 1 unspecified atom stereocenters. The SMILES string of the molecule is CCC(NC(=O)Nc1cc(C(=O)OC(C)C)ccc1Cl)c1nc(C)no1. The molecule has 26 heavy (non-hydrogen) atoms. The topological polar surface area (TPSA) is 106 Å². The lowest BCUT2D eigenvalue weighted by Gasteiger charge is -2.15. The van der Waals surface area contributed by atoms with Crippen LogP contribution in [0.3, 0.4) is 0 Å². The predicted molar refractivity (Wildman–Crippen MR) is 96.2 cm³/mol. The highest BCUT2D eigenvalue weighted by Crippen LogP contribution is 2.24. The van der Waals surface area contributed by atoms with Crippen LogP contribution in [0.1, 0.15) is 55.3 Å². The van der Waals surface area contributed by atoms with Gasteiger partial charge in [0.1, 0.15) is 6.04 Å². The highest BCUT2D eigenvalue weighted by molar-refractivity contribution is 6.33. The van der Waals surface area contributed by atoms with Crippen molar-refractivity contribution in [1.29, 1.82) is 0 Å². The number of esters is 1. The average Bonchev–Trinajstić information content (AvgIpc) is 3.00. The quantitative estimate of drug-likeness (QED) is 0.737. The summed E-state index contributed by atoms with van der Waals surface area (Å²) in [4.78, 5) is 28.4. The van der Waals surface area contributed by atoms with Gasteiger partial charge in [-0.25, -0.2) is 9.59 Å². The van der Waals surface area contributed by atoms with Gasteiger partial charge in [-0.3, -0.25) is 0 Å². The van der Waals surface area contributed by atoms with Crippen LogP contribution in [0.25, 0.3) is 0 Å². The molecule has 0 saturated carbocycles. The number of carbonyl (C=O) groups is 2. The minimum atomic E-state index is -0.510. The summed E-state index contributed by atoms with van der Waals surface area (Å²) < 4.78 is 10.2. The first-order valence-corrected chi connectivity index (χ1v) is 8.56. The fourth-order valence-corrected chi connectivity index (χ4v) is 2.30. The van der Waals surface area contributed by atoms with Crippen LogP contribution >= 0.6 is 11.6 Å². The Kier molecular flexibility index (Phi) is 6.57. The number of aryl methyl sites for hydroxylation is 1. The number of nitrogens with one attached hydrogen (secondary N) is 2. The second-order valence-corrected chi connectivity index (χ2v) is 6.30. The van der Waals surface area contributed by atoms with Gasteiger partial charge in [-0.2, -0.15) is 4.98 Å². The van der Waals surface area contributed by atoms with Crippen molar-refractivity contribution in [2.45, 2.75) is 46.3 Å². The lowest BCUT2D eigenvalue weighted by molar-refractivity contribution is 0.0378. The van der Waals surface area contributed by atoms with Gasteiger partial charge in [0, 0.05) is 0 Å². The van der Waals surface area contributed by atoms with E-state index in [1.54, 1.807) is 20.8 Å². The Morgan fingerprint density at radius 2 is 2.08 bits per heavy atom. The fourth-order valence-electron chi connectivity index (χ4n) is 2.14. The van der Waals surface area contributed by atoms with Crippen LogP contribution in [0.2, 0.25) is 5.02 Å². The number of rotatable bonds is 6. The Labute approximate surface area is 156 Å². The average molecular weight is 381 g/mol. The standard InChI is InChI=1S/C17H21ClN4O4/c1-5-13(15-19-10(4)22-26-15)20-17(24)21-14-8-11(6-7-12(14)18)16(23)25-9(2)3/h6-9,13H,5H2,1-4H3,(H2,20,21,24). The molecule has 1 aromatic carbocycles. The first kappa shape index (κ1) is 19.7. The lowest BCUT2D eigenvalue weighted by atomic mass is 10.2. The number of carbonyl (C=O) groups excluding carboxylic acids is 2. The summed E-state index contributed by atoms with van der Waals surface area (Å²) >= 11 is 6.11. The van der Waals surface area contributed by atoms with Crippen LogP contribution < -0.4 is 10.6 Å². The van der Waals surface area contributed by atoms with E-state index in [1.165, 1.54) is 18.2 Å².